The van der Waals surface area contributed by atoms with Crippen LogP contribution in [-0.4, -0.2) is 93.1 Å². The molecule has 3 atom stereocenters. The van der Waals surface area contributed by atoms with Crippen molar-refractivity contribution in [1.82, 2.24) is 24.5 Å². The highest BCUT2D eigenvalue weighted by Crippen LogP contribution is 2.42. The van der Waals surface area contributed by atoms with Crippen molar-refractivity contribution >= 4 is 29.6 Å². The lowest BCUT2D eigenvalue weighted by molar-refractivity contribution is -0.173. The number of hydrogen-bond acceptors (Lipinski definition) is 8. The summed E-state index contributed by atoms with van der Waals surface area (Å²) in [7, 11) is 1.75. The molecule has 0 aliphatic carbocycles. The van der Waals surface area contributed by atoms with Crippen LogP contribution in [0, 0.1) is 6.92 Å². The molecule has 1 saturated heterocycles. The summed E-state index contributed by atoms with van der Waals surface area (Å²) in [4.78, 5) is 45.6. The summed E-state index contributed by atoms with van der Waals surface area (Å²) in [5.41, 5.74) is 0.0358. The maximum Gasteiger partial charge on any atom is 0.410 e. The number of aliphatic carboxylic acids is 3. The molecule has 44 heavy (non-hydrogen) atoms. The fourth-order valence-electron chi connectivity index (χ4n) is 5.59. The third-order valence-electron chi connectivity index (χ3n) is 7.84. The van der Waals surface area contributed by atoms with Crippen LogP contribution in [0.3, 0.4) is 0 Å². The summed E-state index contributed by atoms with van der Waals surface area (Å²) in [6.07, 6.45) is -3.93. The molecule has 1 fully saturated rings. The minimum absolute atomic E-state index is 0.0462. The molecule has 0 aromatic carbocycles. The maximum absolute atomic E-state index is 13.7. The van der Waals surface area contributed by atoms with Crippen molar-refractivity contribution in [3.8, 4) is 0 Å². The van der Waals surface area contributed by atoms with Crippen molar-refractivity contribution in [3.63, 3.8) is 0 Å². The first-order valence-electron chi connectivity index (χ1n) is 14.1. The average Bonchev–Trinajstić information content (AvgIpc) is 3.63. The summed E-state index contributed by atoms with van der Waals surface area (Å²) < 4.78 is 43.8. The molecule has 0 saturated carbocycles. The Hall–Kier alpha value is -4.15. The first-order chi connectivity index (χ1) is 20.4. The van der Waals surface area contributed by atoms with Crippen molar-refractivity contribution in [2.45, 2.75) is 95.6 Å². The average molecular weight is 631 g/mol. The molecule has 2 aliphatic rings. The molecular weight excluding hydrogens is 593 g/mol. The second-order valence-electron chi connectivity index (χ2n) is 11.0. The standard InChI is InChI=1S/C21H29F3N6O.C6H8O7/c1-5-13-10-17(21(22,23)24)30-18(25-13)11-15(27-30)16-8-7-9-29(16)20(31)19-12(3)14(6-2)26-28(19)4;7-3(8)1-6(13,5(11)12)2-4(9)10/h11,13,16-17,25H,5-10H2,1-4H3;13H,1-2H2,(H,7,8)(H,9,10)(H,11,12)/t13-,16?,17-;/m1./s1. The molecule has 0 spiro atoms. The van der Waals surface area contributed by atoms with E-state index in [9.17, 15) is 32.3 Å². The normalized spacial score (nSPS) is 19.9. The first kappa shape index (κ1) is 34.3. The Labute approximate surface area is 250 Å². The zero-order valence-electron chi connectivity index (χ0n) is 24.8. The number of fused-ring (bicyclic) bond motifs is 1. The second-order valence-corrected chi connectivity index (χ2v) is 11.0. The van der Waals surface area contributed by atoms with Crippen LogP contribution in [0.2, 0.25) is 0 Å². The first-order valence-corrected chi connectivity index (χ1v) is 14.1. The highest BCUT2D eigenvalue weighted by atomic mass is 19.4. The van der Waals surface area contributed by atoms with Crippen LogP contribution < -0.4 is 5.32 Å². The Kier molecular flexibility index (Phi) is 10.3. The quantitative estimate of drug-likeness (QED) is 0.273. The molecule has 4 rings (SSSR count). The van der Waals surface area contributed by atoms with E-state index in [0.29, 0.717) is 36.6 Å². The lowest BCUT2D eigenvalue weighted by atomic mass is 9.96. The number of aliphatic hydroxyl groups is 1. The number of aromatic nitrogens is 4. The Balaban J connectivity index is 0.000000345. The maximum atomic E-state index is 13.7. The third-order valence-corrected chi connectivity index (χ3v) is 7.84. The lowest BCUT2D eigenvalue weighted by Gasteiger charge is -2.32. The number of alkyl halides is 3. The zero-order valence-corrected chi connectivity index (χ0v) is 24.8. The molecule has 2 aromatic heterocycles. The van der Waals surface area contributed by atoms with Crippen LogP contribution in [0.25, 0.3) is 0 Å². The molecule has 17 heteroatoms. The number of amides is 1. The zero-order chi connectivity index (χ0) is 33.1. The van der Waals surface area contributed by atoms with Gasteiger partial charge in [0.25, 0.3) is 5.91 Å². The summed E-state index contributed by atoms with van der Waals surface area (Å²) in [6, 6.07) is -0.570. The molecule has 244 valence electrons. The van der Waals surface area contributed by atoms with Gasteiger partial charge >= 0.3 is 24.1 Å². The number of carboxylic acid groups (broad SMARTS) is 3. The van der Waals surface area contributed by atoms with E-state index < -0.39 is 48.6 Å². The molecule has 0 radical (unpaired) electrons. The van der Waals surface area contributed by atoms with Crippen LogP contribution in [0.4, 0.5) is 19.0 Å². The Morgan fingerprint density at radius 1 is 1.07 bits per heavy atom. The van der Waals surface area contributed by atoms with E-state index in [2.05, 4.69) is 15.5 Å². The fourth-order valence-corrected chi connectivity index (χ4v) is 5.59. The number of aryl methyl sites for hydroxylation is 2. The van der Waals surface area contributed by atoms with Crippen molar-refractivity contribution in [2.24, 2.45) is 7.05 Å². The van der Waals surface area contributed by atoms with Crippen molar-refractivity contribution in [1.29, 1.82) is 0 Å². The lowest BCUT2D eigenvalue weighted by Crippen LogP contribution is -2.42. The third kappa shape index (κ3) is 7.31. The molecule has 5 N–H and O–H groups in total. The predicted octanol–water partition coefficient (Wildman–Crippen LogP) is 2.91. The summed E-state index contributed by atoms with van der Waals surface area (Å²) in [5.74, 6) is -4.79. The topological polar surface area (TPSA) is 200 Å². The van der Waals surface area contributed by atoms with Gasteiger partial charge in [-0.1, -0.05) is 13.8 Å². The molecule has 0 bridgehead atoms. The SMILES string of the molecule is CCc1nn(C)c(C(=O)N2CCCC2c2cc3n(n2)[C@@H](C(F)(F)F)C[C@@H](CC)N3)c1C.O=C(O)CC(O)(CC(=O)O)C(=O)O. The van der Waals surface area contributed by atoms with Gasteiger partial charge in [-0.05, 0) is 39.0 Å². The van der Waals surface area contributed by atoms with Gasteiger partial charge in [0, 0.05) is 31.3 Å². The van der Waals surface area contributed by atoms with Crippen molar-refractivity contribution < 1.29 is 52.8 Å². The Bertz CT molecular complexity index is 1390. The minimum atomic E-state index is -4.37. The molecule has 4 heterocycles. The van der Waals surface area contributed by atoms with Crippen molar-refractivity contribution in [2.75, 3.05) is 11.9 Å². The van der Waals surface area contributed by atoms with E-state index in [0.717, 1.165) is 28.8 Å². The molecule has 1 amide bonds. The number of carbonyl (C=O) groups excluding carboxylic acids is 1. The van der Waals surface area contributed by atoms with Gasteiger partial charge in [0.2, 0.25) is 0 Å². The van der Waals surface area contributed by atoms with Crippen LogP contribution >= 0.6 is 0 Å². The molecule has 14 nitrogen and oxygen atoms in total. The highest BCUT2D eigenvalue weighted by Gasteiger charge is 2.47. The van der Waals surface area contributed by atoms with E-state index in [-0.39, 0.29) is 24.4 Å². The second kappa shape index (κ2) is 13.2. The van der Waals surface area contributed by atoms with E-state index in [4.69, 9.17) is 20.4 Å². The molecule has 2 aromatic rings. The van der Waals surface area contributed by atoms with Gasteiger partial charge in [0.05, 0.1) is 30.3 Å². The van der Waals surface area contributed by atoms with Gasteiger partial charge < -0.3 is 30.6 Å². The van der Waals surface area contributed by atoms with Crippen molar-refractivity contribution in [3.05, 3.63) is 28.7 Å². The highest BCUT2D eigenvalue weighted by molar-refractivity contribution is 5.94. The molecule has 2 aliphatic heterocycles. The van der Waals surface area contributed by atoms with Gasteiger partial charge in [-0.25, -0.2) is 9.48 Å². The van der Waals surface area contributed by atoms with Gasteiger partial charge in [0.1, 0.15) is 11.5 Å². The fraction of sp³-hybridized carbons (Fsp3) is 0.630. The minimum Gasteiger partial charge on any atom is -0.481 e. The van der Waals surface area contributed by atoms with Gasteiger partial charge in [-0.2, -0.15) is 23.4 Å². The Morgan fingerprint density at radius 3 is 2.16 bits per heavy atom. The number of carbonyl (C=O) groups is 4. The summed E-state index contributed by atoms with van der Waals surface area (Å²) >= 11 is 0. The number of nitrogens with one attached hydrogen (secondary N) is 1. The van der Waals surface area contributed by atoms with Crippen LogP contribution in [-0.2, 0) is 27.9 Å². The Morgan fingerprint density at radius 2 is 1.68 bits per heavy atom. The van der Waals surface area contributed by atoms with E-state index >= 15 is 0 Å². The van der Waals surface area contributed by atoms with Crippen LogP contribution in [0.15, 0.2) is 6.07 Å². The smallest absolute Gasteiger partial charge is 0.410 e. The van der Waals surface area contributed by atoms with E-state index in [1.54, 1.807) is 22.7 Å². The van der Waals surface area contributed by atoms with Gasteiger partial charge in [-0.15, -0.1) is 0 Å². The van der Waals surface area contributed by atoms with Crippen LogP contribution in [0.5, 0.6) is 0 Å². The van der Waals surface area contributed by atoms with E-state index in [1.165, 1.54) is 0 Å². The van der Waals surface area contributed by atoms with Crippen LogP contribution in [0.1, 0.15) is 91.9 Å². The predicted molar refractivity (Wildman–Crippen MR) is 147 cm³/mol. The molecular formula is C27H37F3N6O8. The largest absolute Gasteiger partial charge is 0.481 e. The number of halogens is 3. The van der Waals surface area contributed by atoms with Gasteiger partial charge in [0.15, 0.2) is 11.6 Å². The summed E-state index contributed by atoms with van der Waals surface area (Å²) in [6.45, 7) is 6.30. The van der Waals surface area contributed by atoms with E-state index in [1.807, 2.05) is 20.8 Å². The number of rotatable bonds is 9. The number of nitrogens with zero attached hydrogens (tertiary/aromatic N) is 5. The number of likely N-dealkylation sites (tertiary alicyclic amines) is 1. The number of anilines is 1. The molecule has 1 unspecified atom stereocenters. The number of hydrogen-bond donors (Lipinski definition) is 5. The number of carboxylic acids is 3. The summed E-state index contributed by atoms with van der Waals surface area (Å²) in [5, 5.41) is 45.8. The monoisotopic (exact) mass is 630 g/mol. The van der Waals surface area contributed by atoms with Gasteiger partial charge in [-0.3, -0.25) is 19.1 Å².